The summed E-state index contributed by atoms with van der Waals surface area (Å²) in [4.78, 5) is 29.0. The quantitative estimate of drug-likeness (QED) is 0.310. The summed E-state index contributed by atoms with van der Waals surface area (Å²) >= 11 is 5.81. The van der Waals surface area contributed by atoms with Crippen LogP contribution in [0.15, 0.2) is 53.2 Å². The number of aliphatic imine (C=N–C) groups is 1. The van der Waals surface area contributed by atoms with E-state index in [0.717, 1.165) is 24.3 Å². The minimum Gasteiger partial charge on any atom is -0.402 e. The molecule has 1 heterocycles. The van der Waals surface area contributed by atoms with Gasteiger partial charge in [-0.1, -0.05) is 23.7 Å². The Hall–Kier alpha value is -3.19. The van der Waals surface area contributed by atoms with E-state index in [2.05, 4.69) is 23.7 Å². The van der Waals surface area contributed by atoms with Crippen molar-refractivity contribution in [2.45, 2.75) is 13.8 Å². The molecule has 144 valence electrons. The molecule has 0 fully saturated rings. The fraction of sp³-hybridized carbons (Fsp3) is 0.200. The maximum absolute atomic E-state index is 12.1. The molecule has 0 saturated carbocycles. The second-order valence-corrected chi connectivity index (χ2v) is 6.43. The average molecular weight is 400 g/mol. The predicted molar refractivity (Wildman–Crippen MR) is 109 cm³/mol. The molecule has 0 aromatic heterocycles. The van der Waals surface area contributed by atoms with E-state index in [0.29, 0.717) is 5.56 Å². The maximum atomic E-state index is 12.1. The number of nitro benzene ring substituents is 1. The molecule has 0 radical (unpaired) electrons. The summed E-state index contributed by atoms with van der Waals surface area (Å²) in [7, 11) is 0. The number of halogens is 1. The lowest BCUT2D eigenvalue weighted by Gasteiger charge is -2.20. The number of carbonyl (C=O) groups is 1. The molecule has 1 aliphatic heterocycles. The lowest BCUT2D eigenvalue weighted by Crippen LogP contribution is -2.21. The van der Waals surface area contributed by atoms with Crippen LogP contribution in [0.1, 0.15) is 25.0 Å². The first-order chi connectivity index (χ1) is 13.4. The third-order valence-electron chi connectivity index (χ3n) is 4.34. The van der Waals surface area contributed by atoms with Crippen molar-refractivity contribution in [1.82, 2.24) is 0 Å². The van der Waals surface area contributed by atoms with Crippen LogP contribution in [0.3, 0.4) is 0 Å². The number of hydrogen-bond donors (Lipinski definition) is 0. The SMILES string of the molecule is CCN(CC)c1ccc(C=C2N=C(c3ccc(Cl)c([N+](=O)[O-])c3)OC2=O)cc1. The first-order valence-electron chi connectivity index (χ1n) is 8.74. The van der Waals surface area contributed by atoms with Crippen molar-refractivity contribution in [2.75, 3.05) is 18.0 Å². The number of hydrogen-bond acceptors (Lipinski definition) is 6. The number of benzene rings is 2. The number of nitro groups is 1. The summed E-state index contributed by atoms with van der Waals surface area (Å²) in [5.74, 6) is -0.601. The van der Waals surface area contributed by atoms with Crippen LogP contribution in [-0.4, -0.2) is 29.9 Å². The summed E-state index contributed by atoms with van der Waals surface area (Å²) in [6.07, 6.45) is 1.62. The van der Waals surface area contributed by atoms with E-state index in [1.165, 1.54) is 18.2 Å². The van der Waals surface area contributed by atoms with Gasteiger partial charge in [0.1, 0.15) is 5.02 Å². The van der Waals surface area contributed by atoms with Crippen molar-refractivity contribution < 1.29 is 14.5 Å². The molecule has 0 unspecified atom stereocenters. The topological polar surface area (TPSA) is 85.0 Å². The Labute approximate surface area is 167 Å². The largest absolute Gasteiger partial charge is 0.402 e. The number of anilines is 1. The third-order valence-corrected chi connectivity index (χ3v) is 4.65. The molecular formula is C20H18ClN3O4. The van der Waals surface area contributed by atoms with E-state index in [1.807, 2.05) is 24.3 Å². The molecule has 0 amide bonds. The lowest BCUT2D eigenvalue weighted by molar-refractivity contribution is -0.384. The second kappa shape index (κ2) is 8.22. The molecule has 0 spiro atoms. The molecule has 0 saturated heterocycles. The van der Waals surface area contributed by atoms with E-state index in [9.17, 15) is 14.9 Å². The Morgan fingerprint density at radius 1 is 1.18 bits per heavy atom. The van der Waals surface area contributed by atoms with Gasteiger partial charge in [-0.25, -0.2) is 9.79 Å². The van der Waals surface area contributed by atoms with Crippen LogP contribution in [-0.2, 0) is 9.53 Å². The first kappa shape index (κ1) is 19.6. The zero-order chi connectivity index (χ0) is 20.3. The van der Waals surface area contributed by atoms with E-state index >= 15 is 0 Å². The minimum absolute atomic E-state index is 0.00253. The molecule has 3 rings (SSSR count). The highest BCUT2D eigenvalue weighted by Gasteiger charge is 2.26. The van der Waals surface area contributed by atoms with Crippen LogP contribution in [0.25, 0.3) is 6.08 Å². The lowest BCUT2D eigenvalue weighted by atomic mass is 10.1. The molecule has 28 heavy (non-hydrogen) atoms. The van der Waals surface area contributed by atoms with Gasteiger partial charge < -0.3 is 9.64 Å². The molecule has 7 nitrogen and oxygen atoms in total. The van der Waals surface area contributed by atoms with Crippen molar-refractivity contribution in [3.63, 3.8) is 0 Å². The monoisotopic (exact) mass is 399 g/mol. The van der Waals surface area contributed by atoms with E-state index < -0.39 is 10.9 Å². The Bertz CT molecular complexity index is 979. The molecular weight excluding hydrogens is 382 g/mol. The number of nitrogens with zero attached hydrogens (tertiary/aromatic N) is 3. The first-order valence-corrected chi connectivity index (χ1v) is 9.12. The van der Waals surface area contributed by atoms with E-state index in [-0.39, 0.29) is 22.3 Å². The van der Waals surface area contributed by atoms with Gasteiger partial charge in [-0.2, -0.15) is 0 Å². The zero-order valence-electron chi connectivity index (χ0n) is 15.4. The van der Waals surface area contributed by atoms with Crippen LogP contribution in [0, 0.1) is 10.1 Å². The molecule has 1 aliphatic rings. The average Bonchev–Trinajstić information content (AvgIpc) is 3.04. The summed E-state index contributed by atoms with van der Waals surface area (Å²) in [5, 5.41) is 11.0. The van der Waals surface area contributed by atoms with Gasteiger partial charge in [0.25, 0.3) is 5.69 Å². The smallest absolute Gasteiger partial charge is 0.363 e. The fourth-order valence-corrected chi connectivity index (χ4v) is 3.03. The van der Waals surface area contributed by atoms with Gasteiger partial charge in [0.15, 0.2) is 5.70 Å². The Morgan fingerprint density at radius 3 is 2.46 bits per heavy atom. The zero-order valence-corrected chi connectivity index (χ0v) is 16.1. The van der Waals surface area contributed by atoms with Crippen molar-refractivity contribution >= 4 is 40.9 Å². The molecule has 2 aromatic carbocycles. The van der Waals surface area contributed by atoms with Gasteiger partial charge in [-0.3, -0.25) is 10.1 Å². The highest BCUT2D eigenvalue weighted by atomic mass is 35.5. The number of ether oxygens (including phenoxy) is 1. The standard InChI is InChI=1S/C20H18ClN3O4/c1-3-23(4-2)15-8-5-13(6-9-15)11-17-20(25)28-19(22-17)14-7-10-16(21)18(12-14)24(26)27/h5-12H,3-4H2,1-2H3. The molecule has 8 heteroatoms. The van der Waals surface area contributed by atoms with Gasteiger partial charge in [-0.15, -0.1) is 0 Å². The molecule has 0 aliphatic carbocycles. The van der Waals surface area contributed by atoms with Crippen LogP contribution >= 0.6 is 11.6 Å². The van der Waals surface area contributed by atoms with Crippen LogP contribution in [0.2, 0.25) is 5.02 Å². The number of carbonyl (C=O) groups excluding carboxylic acids is 1. The Balaban J connectivity index is 1.88. The highest BCUT2D eigenvalue weighted by molar-refractivity contribution is 6.32. The summed E-state index contributed by atoms with van der Waals surface area (Å²) in [6, 6.07) is 11.9. The van der Waals surface area contributed by atoms with Crippen LogP contribution in [0.4, 0.5) is 11.4 Å². The third kappa shape index (κ3) is 4.04. The van der Waals surface area contributed by atoms with Crippen molar-refractivity contribution in [3.8, 4) is 0 Å². The van der Waals surface area contributed by atoms with Crippen molar-refractivity contribution in [2.24, 2.45) is 4.99 Å². The molecule has 2 aromatic rings. The van der Waals surface area contributed by atoms with E-state index in [4.69, 9.17) is 16.3 Å². The molecule has 0 N–H and O–H groups in total. The number of cyclic esters (lactones) is 1. The normalized spacial score (nSPS) is 14.8. The van der Waals surface area contributed by atoms with E-state index in [1.54, 1.807) is 6.08 Å². The number of esters is 1. The van der Waals surface area contributed by atoms with Gasteiger partial charge in [-0.05, 0) is 49.8 Å². The molecule has 0 bridgehead atoms. The minimum atomic E-state index is -0.611. The summed E-state index contributed by atoms with van der Waals surface area (Å²) in [5.41, 5.74) is 2.06. The number of rotatable bonds is 6. The summed E-state index contributed by atoms with van der Waals surface area (Å²) < 4.78 is 5.17. The maximum Gasteiger partial charge on any atom is 0.363 e. The fourth-order valence-electron chi connectivity index (χ4n) is 2.85. The molecule has 0 atom stereocenters. The highest BCUT2D eigenvalue weighted by Crippen LogP contribution is 2.27. The van der Waals surface area contributed by atoms with Gasteiger partial charge >= 0.3 is 5.97 Å². The van der Waals surface area contributed by atoms with Crippen molar-refractivity contribution in [3.05, 3.63) is 74.4 Å². The van der Waals surface area contributed by atoms with Gasteiger partial charge in [0.2, 0.25) is 5.90 Å². The van der Waals surface area contributed by atoms with Crippen LogP contribution < -0.4 is 4.90 Å². The van der Waals surface area contributed by atoms with Crippen LogP contribution in [0.5, 0.6) is 0 Å². The summed E-state index contributed by atoms with van der Waals surface area (Å²) in [6.45, 7) is 5.99. The Kier molecular flexibility index (Phi) is 5.75. The second-order valence-electron chi connectivity index (χ2n) is 6.02. The Morgan fingerprint density at radius 2 is 1.86 bits per heavy atom. The van der Waals surface area contributed by atoms with Crippen molar-refractivity contribution in [1.29, 1.82) is 0 Å². The van der Waals surface area contributed by atoms with Gasteiger partial charge in [0.05, 0.1) is 4.92 Å². The van der Waals surface area contributed by atoms with Gasteiger partial charge in [0, 0.05) is 30.4 Å². The predicted octanol–water partition coefficient (Wildman–Crippen LogP) is 4.44.